The highest BCUT2D eigenvalue weighted by Gasteiger charge is 2.15. The summed E-state index contributed by atoms with van der Waals surface area (Å²) < 4.78 is 18.6. The molecule has 0 saturated heterocycles. The molecule has 0 aliphatic carbocycles. The summed E-state index contributed by atoms with van der Waals surface area (Å²) in [5.41, 5.74) is 3.57. The van der Waals surface area contributed by atoms with E-state index in [2.05, 4.69) is 17.1 Å². The number of aldehydes is 1. The van der Waals surface area contributed by atoms with E-state index in [1.54, 1.807) is 6.07 Å². The molecule has 4 aromatic rings. The SMILES string of the molecule is COc1nc(-n2ccc3c(-c4ccc5c(c4)OCCO5)cccc32)ccc1C=O. The van der Waals surface area contributed by atoms with Crippen LogP contribution in [-0.4, -0.2) is 36.2 Å². The molecule has 2 aromatic heterocycles. The zero-order valence-electron chi connectivity index (χ0n) is 15.8. The number of methoxy groups -OCH3 is 1. The van der Waals surface area contributed by atoms with Crippen LogP contribution in [0.2, 0.25) is 0 Å². The zero-order valence-corrected chi connectivity index (χ0v) is 15.8. The van der Waals surface area contributed by atoms with Crippen LogP contribution in [0, 0.1) is 0 Å². The number of nitrogens with zero attached hydrogens (tertiary/aromatic N) is 2. The fourth-order valence-corrected chi connectivity index (χ4v) is 3.66. The second-order valence-corrected chi connectivity index (χ2v) is 6.67. The maximum atomic E-state index is 11.2. The smallest absolute Gasteiger partial charge is 0.225 e. The number of pyridine rings is 1. The number of aromatic nitrogens is 2. The van der Waals surface area contributed by atoms with Gasteiger partial charge < -0.3 is 18.8 Å². The largest absolute Gasteiger partial charge is 0.486 e. The number of hydrogen-bond acceptors (Lipinski definition) is 5. The second-order valence-electron chi connectivity index (χ2n) is 6.67. The van der Waals surface area contributed by atoms with Crippen LogP contribution in [0.15, 0.2) is 60.8 Å². The number of rotatable bonds is 4. The van der Waals surface area contributed by atoms with Crippen LogP contribution in [0.3, 0.4) is 0 Å². The monoisotopic (exact) mass is 386 g/mol. The van der Waals surface area contributed by atoms with Crippen molar-refractivity contribution in [3.05, 3.63) is 66.4 Å². The Bertz CT molecular complexity index is 1230. The van der Waals surface area contributed by atoms with E-state index in [4.69, 9.17) is 14.2 Å². The number of benzene rings is 2. The van der Waals surface area contributed by atoms with Crippen LogP contribution >= 0.6 is 0 Å². The molecule has 0 unspecified atom stereocenters. The number of fused-ring (bicyclic) bond motifs is 2. The van der Waals surface area contributed by atoms with Gasteiger partial charge in [0.25, 0.3) is 0 Å². The lowest BCUT2D eigenvalue weighted by Crippen LogP contribution is -2.15. The van der Waals surface area contributed by atoms with Crippen molar-refractivity contribution >= 4 is 17.2 Å². The summed E-state index contributed by atoms with van der Waals surface area (Å²) >= 11 is 0. The van der Waals surface area contributed by atoms with Crippen molar-refractivity contribution in [2.45, 2.75) is 0 Å². The molecule has 6 heteroatoms. The predicted octanol–water partition coefficient (Wildman–Crippen LogP) is 4.28. The average Bonchev–Trinajstić information content (AvgIpc) is 3.22. The van der Waals surface area contributed by atoms with Gasteiger partial charge in [-0.1, -0.05) is 18.2 Å². The molecule has 3 heterocycles. The van der Waals surface area contributed by atoms with Crippen molar-refractivity contribution in [1.82, 2.24) is 9.55 Å². The maximum Gasteiger partial charge on any atom is 0.225 e. The minimum Gasteiger partial charge on any atom is -0.486 e. The molecule has 0 saturated carbocycles. The van der Waals surface area contributed by atoms with Gasteiger partial charge in [0.15, 0.2) is 17.8 Å². The van der Waals surface area contributed by atoms with E-state index in [1.807, 2.05) is 47.2 Å². The third kappa shape index (κ3) is 2.89. The zero-order chi connectivity index (χ0) is 19.8. The van der Waals surface area contributed by atoms with Gasteiger partial charge in [-0.05, 0) is 47.5 Å². The highest BCUT2D eigenvalue weighted by molar-refractivity contribution is 5.96. The first kappa shape index (κ1) is 17.3. The second kappa shape index (κ2) is 6.98. The van der Waals surface area contributed by atoms with Crippen molar-refractivity contribution in [1.29, 1.82) is 0 Å². The molecule has 0 bridgehead atoms. The van der Waals surface area contributed by atoms with Gasteiger partial charge in [0.05, 0.1) is 18.2 Å². The lowest BCUT2D eigenvalue weighted by molar-refractivity contribution is 0.112. The number of hydrogen-bond donors (Lipinski definition) is 0. The minimum atomic E-state index is 0.308. The Morgan fingerprint density at radius 1 is 1.03 bits per heavy atom. The van der Waals surface area contributed by atoms with E-state index in [0.29, 0.717) is 30.5 Å². The Morgan fingerprint density at radius 2 is 1.90 bits per heavy atom. The van der Waals surface area contributed by atoms with E-state index in [9.17, 15) is 4.79 Å². The van der Waals surface area contributed by atoms with Crippen LogP contribution in [0.5, 0.6) is 17.4 Å². The van der Waals surface area contributed by atoms with Gasteiger partial charge in [0, 0.05) is 11.6 Å². The Balaban J connectivity index is 1.63. The van der Waals surface area contributed by atoms with E-state index in [-0.39, 0.29) is 0 Å². The molecule has 1 aliphatic rings. The van der Waals surface area contributed by atoms with Gasteiger partial charge in [-0.25, -0.2) is 0 Å². The molecule has 0 amide bonds. The molecule has 0 spiro atoms. The summed E-state index contributed by atoms with van der Waals surface area (Å²) in [6.45, 7) is 1.13. The quantitative estimate of drug-likeness (QED) is 0.490. The van der Waals surface area contributed by atoms with Gasteiger partial charge in [-0.15, -0.1) is 0 Å². The van der Waals surface area contributed by atoms with Crippen LogP contribution in [0.25, 0.3) is 27.8 Å². The molecular weight excluding hydrogens is 368 g/mol. The first-order valence-corrected chi connectivity index (χ1v) is 9.29. The Kier molecular flexibility index (Phi) is 4.17. The Labute approximate surface area is 167 Å². The number of carbonyl (C=O) groups excluding carboxylic acids is 1. The maximum absolute atomic E-state index is 11.2. The van der Waals surface area contributed by atoms with Crippen LogP contribution in [0.4, 0.5) is 0 Å². The van der Waals surface area contributed by atoms with Crippen molar-refractivity contribution in [2.75, 3.05) is 20.3 Å². The van der Waals surface area contributed by atoms with E-state index in [0.717, 1.165) is 39.8 Å². The molecule has 29 heavy (non-hydrogen) atoms. The molecule has 6 nitrogen and oxygen atoms in total. The summed E-state index contributed by atoms with van der Waals surface area (Å²) in [4.78, 5) is 15.6. The third-order valence-electron chi connectivity index (χ3n) is 5.03. The van der Waals surface area contributed by atoms with Gasteiger partial charge in [-0.3, -0.25) is 4.79 Å². The summed E-state index contributed by atoms with van der Waals surface area (Å²) in [5.74, 6) is 2.53. The average molecular weight is 386 g/mol. The first-order chi connectivity index (χ1) is 14.3. The van der Waals surface area contributed by atoms with E-state index in [1.165, 1.54) is 7.11 Å². The molecule has 5 rings (SSSR count). The Hall–Kier alpha value is -3.80. The molecular formula is C23H18N2O4. The fraction of sp³-hybridized carbons (Fsp3) is 0.130. The summed E-state index contributed by atoms with van der Waals surface area (Å²) in [6.07, 6.45) is 2.71. The van der Waals surface area contributed by atoms with Gasteiger partial charge in [0.2, 0.25) is 5.88 Å². The first-order valence-electron chi connectivity index (χ1n) is 9.29. The number of ether oxygens (including phenoxy) is 3. The van der Waals surface area contributed by atoms with Crippen LogP contribution in [0.1, 0.15) is 10.4 Å². The lowest BCUT2D eigenvalue weighted by atomic mass is 10.0. The van der Waals surface area contributed by atoms with Crippen LogP contribution < -0.4 is 14.2 Å². The molecule has 2 aromatic carbocycles. The van der Waals surface area contributed by atoms with E-state index >= 15 is 0 Å². The molecule has 0 fully saturated rings. The van der Waals surface area contributed by atoms with Gasteiger partial charge >= 0.3 is 0 Å². The van der Waals surface area contributed by atoms with Crippen molar-refractivity contribution in [3.8, 4) is 34.3 Å². The normalized spacial score (nSPS) is 12.7. The van der Waals surface area contributed by atoms with Crippen molar-refractivity contribution in [3.63, 3.8) is 0 Å². The summed E-state index contributed by atoms with van der Waals surface area (Å²) in [6, 6.07) is 17.7. The highest BCUT2D eigenvalue weighted by atomic mass is 16.6. The highest BCUT2D eigenvalue weighted by Crippen LogP contribution is 2.37. The van der Waals surface area contributed by atoms with E-state index < -0.39 is 0 Å². The number of carbonyl (C=O) groups is 1. The molecule has 0 radical (unpaired) electrons. The Morgan fingerprint density at radius 3 is 2.72 bits per heavy atom. The minimum absolute atomic E-state index is 0.308. The fourth-order valence-electron chi connectivity index (χ4n) is 3.66. The predicted molar refractivity (Wildman–Crippen MR) is 109 cm³/mol. The molecule has 0 N–H and O–H groups in total. The lowest BCUT2D eigenvalue weighted by Gasteiger charge is -2.19. The summed E-state index contributed by atoms with van der Waals surface area (Å²) in [7, 11) is 1.51. The van der Waals surface area contributed by atoms with Gasteiger partial charge in [-0.2, -0.15) is 4.98 Å². The standard InChI is InChI=1S/C23H18N2O4/c1-27-23-16(14-26)6-8-22(24-23)25-10-9-18-17(3-2-4-19(18)25)15-5-7-20-21(13-15)29-12-11-28-20/h2-10,13-14H,11-12H2,1H3. The molecule has 0 atom stereocenters. The molecule has 1 aliphatic heterocycles. The summed E-state index contributed by atoms with van der Waals surface area (Å²) in [5, 5.41) is 1.09. The van der Waals surface area contributed by atoms with Crippen molar-refractivity contribution < 1.29 is 19.0 Å². The van der Waals surface area contributed by atoms with Gasteiger partial charge in [0.1, 0.15) is 19.0 Å². The van der Waals surface area contributed by atoms with Crippen molar-refractivity contribution in [2.24, 2.45) is 0 Å². The van der Waals surface area contributed by atoms with Crippen LogP contribution in [-0.2, 0) is 0 Å². The topological polar surface area (TPSA) is 62.6 Å². The molecule has 144 valence electrons. The third-order valence-corrected chi connectivity index (χ3v) is 5.03.